The molecule has 0 saturated heterocycles. The summed E-state index contributed by atoms with van der Waals surface area (Å²) < 4.78 is 35.3. The maximum absolute atomic E-state index is 11.7. The number of benzene rings is 2. The van der Waals surface area contributed by atoms with Gasteiger partial charge in [-0.05, 0) is 42.5 Å². The lowest BCUT2D eigenvalue weighted by molar-refractivity contribution is 0.0981. The summed E-state index contributed by atoms with van der Waals surface area (Å²) in [4.78, 5) is 15.7. The number of rotatable bonds is 6. The van der Waals surface area contributed by atoms with Crippen molar-refractivity contribution in [3.05, 3.63) is 78.5 Å². The second kappa shape index (κ2) is 7.88. The quantitative estimate of drug-likeness (QED) is 0.700. The molecule has 8 heteroatoms. The fraction of sp³-hybridized carbons (Fsp3) is 0.0526. The van der Waals surface area contributed by atoms with E-state index in [4.69, 9.17) is 9.47 Å². The van der Waals surface area contributed by atoms with Crippen LogP contribution in [-0.2, 0) is 10.0 Å². The van der Waals surface area contributed by atoms with E-state index in [0.717, 1.165) is 12.0 Å². The number of hydrogen-bond acceptors (Lipinski definition) is 6. The van der Waals surface area contributed by atoms with E-state index in [1.807, 2.05) is 35.1 Å². The van der Waals surface area contributed by atoms with Crippen molar-refractivity contribution < 1.29 is 22.7 Å². The largest absolute Gasteiger partial charge is 0.457 e. The average Bonchev–Trinajstić information content (AvgIpc) is 2.63. The van der Waals surface area contributed by atoms with Gasteiger partial charge in [0.2, 0.25) is 15.9 Å². The molecule has 7 nitrogen and oxygen atoms in total. The second-order valence-electron chi connectivity index (χ2n) is 5.58. The van der Waals surface area contributed by atoms with E-state index in [2.05, 4.69) is 4.98 Å². The number of nitrogens with zero attached hydrogens (tertiary/aromatic N) is 1. The molecular weight excluding hydrogens is 368 g/mol. The van der Waals surface area contributed by atoms with Crippen LogP contribution in [-0.4, -0.2) is 25.6 Å². The lowest BCUT2D eigenvalue weighted by Gasteiger charge is -2.08. The Morgan fingerprint density at radius 3 is 2.00 bits per heavy atom. The Morgan fingerprint density at radius 2 is 1.44 bits per heavy atom. The summed E-state index contributed by atoms with van der Waals surface area (Å²) in [7, 11) is -3.63. The van der Waals surface area contributed by atoms with Crippen LogP contribution in [0, 0.1) is 0 Å². The minimum absolute atomic E-state index is 0.111. The van der Waals surface area contributed by atoms with E-state index < -0.39 is 15.9 Å². The molecule has 1 aromatic heterocycles. The highest BCUT2D eigenvalue weighted by Gasteiger charge is 2.11. The third-order valence-corrected chi connectivity index (χ3v) is 3.86. The zero-order valence-electron chi connectivity index (χ0n) is 14.3. The first-order valence-electron chi connectivity index (χ1n) is 7.88. The molecule has 27 heavy (non-hydrogen) atoms. The number of para-hydroxylation sites is 1. The Bertz CT molecular complexity index is 1020. The first kappa shape index (κ1) is 18.4. The maximum Gasteiger partial charge on any atom is 0.266 e. The molecule has 1 N–H and O–H groups in total. The summed E-state index contributed by atoms with van der Waals surface area (Å²) in [5.74, 6) is 1.45. The van der Waals surface area contributed by atoms with Gasteiger partial charge in [-0.1, -0.05) is 18.2 Å². The van der Waals surface area contributed by atoms with E-state index in [-0.39, 0.29) is 11.4 Å². The van der Waals surface area contributed by atoms with Crippen LogP contribution in [0.1, 0.15) is 10.4 Å². The molecular formula is C19H16N2O5S. The summed E-state index contributed by atoms with van der Waals surface area (Å²) in [5, 5.41) is 0. The van der Waals surface area contributed by atoms with Crippen LogP contribution in [0.3, 0.4) is 0 Å². The standard InChI is InChI=1S/C19H16N2O5S/c1-27(23,24)21-19(22)14-7-12-18(20-13-14)26-17-10-8-16(9-11-17)25-15-5-3-2-4-6-15/h2-13H,1H3,(H,21,22). The van der Waals surface area contributed by atoms with Gasteiger partial charge in [0.1, 0.15) is 17.2 Å². The number of carbonyl (C=O) groups is 1. The summed E-state index contributed by atoms with van der Waals surface area (Å²) >= 11 is 0. The molecule has 0 radical (unpaired) electrons. The lowest BCUT2D eigenvalue weighted by Crippen LogP contribution is -2.29. The number of carbonyl (C=O) groups excluding carboxylic acids is 1. The summed E-state index contributed by atoms with van der Waals surface area (Å²) in [5.41, 5.74) is 0.111. The Labute approximate surface area is 156 Å². The molecule has 0 spiro atoms. The number of sulfonamides is 1. The summed E-state index contributed by atoms with van der Waals surface area (Å²) in [6.45, 7) is 0. The van der Waals surface area contributed by atoms with Gasteiger partial charge in [0.25, 0.3) is 5.91 Å². The molecule has 1 heterocycles. The van der Waals surface area contributed by atoms with E-state index in [9.17, 15) is 13.2 Å². The van der Waals surface area contributed by atoms with Gasteiger partial charge in [0, 0.05) is 12.3 Å². The molecule has 0 saturated carbocycles. The molecule has 0 fully saturated rings. The number of ether oxygens (including phenoxy) is 2. The number of pyridine rings is 1. The monoisotopic (exact) mass is 384 g/mol. The minimum atomic E-state index is -3.63. The lowest BCUT2D eigenvalue weighted by atomic mass is 10.3. The van der Waals surface area contributed by atoms with Gasteiger partial charge in [-0.2, -0.15) is 0 Å². The highest BCUT2D eigenvalue weighted by molar-refractivity contribution is 7.89. The van der Waals surface area contributed by atoms with Crippen LogP contribution in [0.4, 0.5) is 0 Å². The fourth-order valence-corrected chi connectivity index (χ4v) is 2.58. The minimum Gasteiger partial charge on any atom is -0.457 e. The van der Waals surface area contributed by atoms with Crippen LogP contribution >= 0.6 is 0 Å². The van der Waals surface area contributed by atoms with E-state index >= 15 is 0 Å². The van der Waals surface area contributed by atoms with Crippen LogP contribution in [0.15, 0.2) is 72.9 Å². The molecule has 0 unspecified atom stereocenters. The summed E-state index contributed by atoms with van der Waals surface area (Å²) in [6, 6.07) is 19.3. The Kier molecular flexibility index (Phi) is 5.37. The van der Waals surface area contributed by atoms with Crippen molar-refractivity contribution in [2.24, 2.45) is 0 Å². The number of aromatic nitrogens is 1. The zero-order valence-corrected chi connectivity index (χ0v) is 15.1. The van der Waals surface area contributed by atoms with Gasteiger partial charge < -0.3 is 9.47 Å². The predicted molar refractivity (Wildman–Crippen MR) is 99.6 cm³/mol. The third kappa shape index (κ3) is 5.55. The SMILES string of the molecule is CS(=O)(=O)NC(=O)c1ccc(Oc2ccc(Oc3ccccc3)cc2)nc1. The van der Waals surface area contributed by atoms with Crippen LogP contribution in [0.5, 0.6) is 23.1 Å². The Morgan fingerprint density at radius 1 is 0.852 bits per heavy atom. The molecule has 1 amide bonds. The van der Waals surface area contributed by atoms with Crippen molar-refractivity contribution in [2.75, 3.05) is 6.26 Å². The fourth-order valence-electron chi connectivity index (χ4n) is 2.12. The normalized spacial score (nSPS) is 10.9. The number of nitrogens with one attached hydrogen (secondary N) is 1. The van der Waals surface area contributed by atoms with Crippen molar-refractivity contribution in [3.63, 3.8) is 0 Å². The van der Waals surface area contributed by atoms with Crippen molar-refractivity contribution >= 4 is 15.9 Å². The molecule has 2 aromatic carbocycles. The topological polar surface area (TPSA) is 94.6 Å². The van der Waals surface area contributed by atoms with Crippen molar-refractivity contribution in [1.82, 2.24) is 9.71 Å². The van der Waals surface area contributed by atoms with Crippen molar-refractivity contribution in [3.8, 4) is 23.1 Å². The second-order valence-corrected chi connectivity index (χ2v) is 7.33. The Hall–Kier alpha value is -3.39. The first-order valence-corrected chi connectivity index (χ1v) is 9.77. The number of amides is 1. The maximum atomic E-state index is 11.7. The molecule has 3 aromatic rings. The molecule has 138 valence electrons. The van der Waals surface area contributed by atoms with Gasteiger partial charge >= 0.3 is 0 Å². The Balaban J connectivity index is 1.62. The van der Waals surface area contributed by atoms with Gasteiger partial charge in [-0.15, -0.1) is 0 Å². The third-order valence-electron chi connectivity index (χ3n) is 3.30. The molecule has 0 aliphatic carbocycles. The van der Waals surface area contributed by atoms with Crippen molar-refractivity contribution in [1.29, 1.82) is 0 Å². The highest BCUT2D eigenvalue weighted by atomic mass is 32.2. The van der Waals surface area contributed by atoms with Gasteiger partial charge in [-0.3, -0.25) is 4.79 Å². The molecule has 0 aliphatic heterocycles. The smallest absolute Gasteiger partial charge is 0.266 e. The van der Waals surface area contributed by atoms with Crippen molar-refractivity contribution in [2.45, 2.75) is 0 Å². The van der Waals surface area contributed by atoms with Gasteiger partial charge in [0.15, 0.2) is 0 Å². The predicted octanol–water partition coefficient (Wildman–Crippen LogP) is 3.36. The van der Waals surface area contributed by atoms with Crippen LogP contribution in [0.25, 0.3) is 0 Å². The van der Waals surface area contributed by atoms with Crippen LogP contribution in [0.2, 0.25) is 0 Å². The van der Waals surface area contributed by atoms with E-state index in [1.54, 1.807) is 24.3 Å². The van der Waals surface area contributed by atoms with E-state index in [0.29, 0.717) is 11.5 Å². The average molecular weight is 384 g/mol. The molecule has 0 bridgehead atoms. The van der Waals surface area contributed by atoms with Gasteiger partial charge in [0.05, 0.1) is 11.8 Å². The number of hydrogen-bond donors (Lipinski definition) is 1. The zero-order chi connectivity index (χ0) is 19.3. The van der Waals surface area contributed by atoms with Gasteiger partial charge in [-0.25, -0.2) is 18.1 Å². The van der Waals surface area contributed by atoms with E-state index in [1.165, 1.54) is 18.3 Å². The molecule has 0 atom stereocenters. The molecule has 3 rings (SSSR count). The first-order chi connectivity index (χ1) is 12.9. The highest BCUT2D eigenvalue weighted by Crippen LogP contribution is 2.25. The van der Waals surface area contributed by atoms with Crippen LogP contribution < -0.4 is 14.2 Å². The molecule has 0 aliphatic rings. The summed E-state index contributed by atoms with van der Waals surface area (Å²) in [6.07, 6.45) is 2.14.